The molecule has 0 amide bonds. The average Bonchev–Trinajstić information content (AvgIpc) is 2.69. The maximum absolute atomic E-state index is 12.6. The van der Waals surface area contributed by atoms with E-state index in [0.717, 1.165) is 39.7 Å². The van der Waals surface area contributed by atoms with Gasteiger partial charge in [-0.25, -0.2) is 0 Å². The van der Waals surface area contributed by atoms with Crippen molar-refractivity contribution in [3.8, 4) is 0 Å². The molecule has 4 heteroatoms. The van der Waals surface area contributed by atoms with Crippen LogP contribution in [0.25, 0.3) is 0 Å². The third kappa shape index (κ3) is 2.10. The van der Waals surface area contributed by atoms with Crippen molar-refractivity contribution in [2.45, 2.75) is 19.0 Å². The first-order chi connectivity index (χ1) is 7.00. The first-order valence-corrected chi connectivity index (χ1v) is 6.38. The Morgan fingerprint density at radius 1 is 1.13 bits per heavy atom. The molecule has 0 atom stereocenters. The fraction of sp³-hybridized carbons (Fsp3) is 0.273. The molecule has 0 nitrogen and oxygen atoms in total. The van der Waals surface area contributed by atoms with Gasteiger partial charge in [0, 0.05) is 0 Å². The summed E-state index contributed by atoms with van der Waals surface area (Å²) in [5.74, 6) is 0. The summed E-state index contributed by atoms with van der Waals surface area (Å²) in [7, 11) is 0. The molecular formula is C11H10F3Hf. The first kappa shape index (κ1) is 11.1. The molecule has 79 valence electrons. The Hall–Kier alpha value is -0.380. The number of allylic oxidation sites excluding steroid dienone is 8. The number of hydrogen-bond donors (Lipinski definition) is 0. The van der Waals surface area contributed by atoms with Crippen LogP contribution in [-0.4, -0.2) is 6.18 Å². The van der Waals surface area contributed by atoms with Gasteiger partial charge >= 0.3 is 101 Å². The fourth-order valence-electron chi connectivity index (χ4n) is 1.81. The Morgan fingerprint density at radius 3 is 2.33 bits per heavy atom. The van der Waals surface area contributed by atoms with Gasteiger partial charge in [0.05, 0.1) is 0 Å². The van der Waals surface area contributed by atoms with Crippen LogP contribution in [0.2, 0.25) is 0 Å². The fourth-order valence-corrected chi connectivity index (χ4v) is 3.08. The Morgan fingerprint density at radius 2 is 1.80 bits per heavy atom. The monoisotopic (exact) mass is 379 g/mol. The van der Waals surface area contributed by atoms with Gasteiger partial charge in [-0.15, -0.1) is 0 Å². The van der Waals surface area contributed by atoms with E-state index in [1.165, 1.54) is 6.08 Å². The van der Waals surface area contributed by atoms with Gasteiger partial charge < -0.3 is 2.85 Å². The van der Waals surface area contributed by atoms with E-state index in [-0.39, 0.29) is 2.85 Å². The Bertz CT molecular complexity index is 417. The number of alkyl halides is 3. The summed E-state index contributed by atoms with van der Waals surface area (Å²) in [6.45, 7) is 0. The van der Waals surface area contributed by atoms with E-state index < -0.39 is 11.7 Å². The summed E-state index contributed by atoms with van der Waals surface area (Å²) in [5, 5.41) is 0. The third-order valence-corrected chi connectivity index (χ3v) is 4.19. The molecule has 0 heterocycles. The molecule has 0 aromatic heterocycles. The molecule has 0 aromatic rings. The second kappa shape index (κ2) is 3.89. The molecule has 0 spiro atoms. The summed E-state index contributed by atoms with van der Waals surface area (Å²) >= 11 is 0.837. The second-order valence-electron chi connectivity index (χ2n) is 3.50. The quantitative estimate of drug-likeness (QED) is 0.610. The Kier molecular flexibility index (Phi) is 2.88. The van der Waals surface area contributed by atoms with Gasteiger partial charge in [0.2, 0.25) is 0 Å². The van der Waals surface area contributed by atoms with Crippen molar-refractivity contribution < 1.29 is 40.4 Å². The molecule has 0 saturated carbocycles. The van der Waals surface area contributed by atoms with Crippen molar-refractivity contribution in [3.63, 3.8) is 0 Å². The zero-order valence-corrected chi connectivity index (χ0v) is 11.5. The second-order valence-corrected chi connectivity index (χ2v) is 5.66. The predicted octanol–water partition coefficient (Wildman–Crippen LogP) is 3.79. The zero-order chi connectivity index (χ0) is 11.1. The van der Waals surface area contributed by atoms with Crippen molar-refractivity contribution in [1.82, 2.24) is 0 Å². The number of rotatable bonds is 1. The van der Waals surface area contributed by atoms with Crippen LogP contribution in [0.1, 0.15) is 15.7 Å². The van der Waals surface area contributed by atoms with Gasteiger partial charge in [-0.05, 0) is 0 Å². The van der Waals surface area contributed by atoms with Crippen LogP contribution in [-0.2, 0) is 24.4 Å². The minimum absolute atomic E-state index is 0. The molecule has 0 saturated heterocycles. The molecule has 0 aromatic carbocycles. The normalized spacial score (nSPS) is 21.1. The smallest absolute Gasteiger partial charge is 1.00 e. The molecule has 2 rings (SSSR count). The van der Waals surface area contributed by atoms with Crippen LogP contribution in [0, 0.1) is 0 Å². The van der Waals surface area contributed by atoms with Gasteiger partial charge in [0.25, 0.3) is 0 Å². The minimum atomic E-state index is -4.21. The van der Waals surface area contributed by atoms with Crippen molar-refractivity contribution in [1.29, 1.82) is 0 Å². The van der Waals surface area contributed by atoms with Crippen molar-refractivity contribution in [3.05, 3.63) is 44.4 Å². The minimum Gasteiger partial charge on any atom is -1.00 e. The molecule has 2 aliphatic rings. The van der Waals surface area contributed by atoms with Crippen molar-refractivity contribution in [2.24, 2.45) is 0 Å². The summed E-state index contributed by atoms with van der Waals surface area (Å²) in [4.78, 5) is 0. The molecule has 0 radical (unpaired) electrons. The van der Waals surface area contributed by atoms with E-state index in [1.807, 2.05) is 12.2 Å². The van der Waals surface area contributed by atoms with Gasteiger partial charge in [-0.2, -0.15) is 0 Å². The maximum Gasteiger partial charge on any atom is -1.00 e. The molecule has 0 fully saturated rings. The number of halogens is 3. The Labute approximate surface area is 104 Å². The van der Waals surface area contributed by atoms with Gasteiger partial charge in [-0.1, -0.05) is 0 Å². The van der Waals surface area contributed by atoms with Crippen LogP contribution in [0.15, 0.2) is 44.4 Å². The van der Waals surface area contributed by atoms with Crippen LogP contribution in [0.3, 0.4) is 0 Å². The van der Waals surface area contributed by atoms with Gasteiger partial charge in [-0.3, -0.25) is 0 Å². The van der Waals surface area contributed by atoms with Crippen molar-refractivity contribution >= 4 is 0 Å². The largest absolute Gasteiger partial charge is 1.00 e. The topological polar surface area (TPSA) is 0 Å². The molecule has 0 N–H and O–H groups in total. The zero-order valence-electron chi connectivity index (χ0n) is 9.86. The maximum atomic E-state index is 12.6. The standard InChI is InChI=1S/C11H8F3.Hf.2H/c12-11(13,14)10-7-3-6-9(10)8-4-1-2-5-8;;;/h1,3-4,7H,2,6H2;;;/q;+2;2*-1. The van der Waals surface area contributed by atoms with E-state index in [4.69, 9.17) is 0 Å². The Balaban J connectivity index is 0.00000128. The van der Waals surface area contributed by atoms with Crippen LogP contribution >= 0.6 is 0 Å². The summed E-state index contributed by atoms with van der Waals surface area (Å²) in [6.07, 6.45) is 3.59. The molecule has 0 bridgehead atoms. The summed E-state index contributed by atoms with van der Waals surface area (Å²) in [5.41, 5.74) is 0.831. The van der Waals surface area contributed by atoms with E-state index in [1.54, 1.807) is 6.08 Å². The van der Waals surface area contributed by atoms with Crippen molar-refractivity contribution in [2.75, 3.05) is 0 Å². The molecular weight excluding hydrogens is 368 g/mol. The van der Waals surface area contributed by atoms with Crippen LogP contribution in [0.5, 0.6) is 0 Å². The van der Waals surface area contributed by atoms with Crippen LogP contribution in [0.4, 0.5) is 13.2 Å². The average molecular weight is 378 g/mol. The molecule has 0 aliphatic heterocycles. The van der Waals surface area contributed by atoms with E-state index >= 15 is 0 Å². The summed E-state index contributed by atoms with van der Waals surface area (Å²) < 4.78 is 39.1. The van der Waals surface area contributed by atoms with Crippen LogP contribution < -0.4 is 0 Å². The van der Waals surface area contributed by atoms with Gasteiger partial charge in [0.15, 0.2) is 0 Å². The summed E-state index contributed by atoms with van der Waals surface area (Å²) in [6, 6.07) is 0. The van der Waals surface area contributed by atoms with E-state index in [0.29, 0.717) is 12.0 Å². The first-order valence-electron chi connectivity index (χ1n) is 4.58. The molecule has 2 aliphatic carbocycles. The SMILES string of the molecule is FC(F)(F)C1=C(C2=[C]([Hf+2])CC=C2)CC=C1.[H-].[H-]. The predicted molar refractivity (Wildman–Crippen MR) is 49.8 cm³/mol. The molecule has 0 unspecified atom stereocenters. The number of hydrogen-bond acceptors (Lipinski definition) is 0. The van der Waals surface area contributed by atoms with Gasteiger partial charge in [0.1, 0.15) is 0 Å². The third-order valence-electron chi connectivity index (χ3n) is 2.49. The molecule has 15 heavy (non-hydrogen) atoms. The van der Waals surface area contributed by atoms with E-state index in [9.17, 15) is 13.2 Å². The van der Waals surface area contributed by atoms with E-state index in [2.05, 4.69) is 0 Å².